The van der Waals surface area contributed by atoms with Crippen molar-refractivity contribution in [1.29, 1.82) is 0 Å². The Kier molecular flexibility index (Phi) is 4.22. The van der Waals surface area contributed by atoms with E-state index in [0.29, 0.717) is 13.0 Å². The summed E-state index contributed by atoms with van der Waals surface area (Å²) in [4.78, 5) is 16.7. The van der Waals surface area contributed by atoms with E-state index in [0.717, 1.165) is 17.7 Å². The largest absolute Gasteiger partial charge is 0.326 e. The summed E-state index contributed by atoms with van der Waals surface area (Å²) < 4.78 is 0. The molecule has 0 aromatic heterocycles. The van der Waals surface area contributed by atoms with Gasteiger partial charge in [-0.15, -0.1) is 0 Å². The lowest BCUT2D eigenvalue weighted by Gasteiger charge is -2.13. The Balaban J connectivity index is 1.96. The van der Waals surface area contributed by atoms with E-state index in [9.17, 15) is 4.79 Å². The fourth-order valence-electron chi connectivity index (χ4n) is 3.11. The third-order valence-corrected chi connectivity index (χ3v) is 4.08. The van der Waals surface area contributed by atoms with Gasteiger partial charge < -0.3 is 10.2 Å². The van der Waals surface area contributed by atoms with Gasteiger partial charge in [-0.2, -0.15) is 0 Å². The van der Waals surface area contributed by atoms with Crippen molar-refractivity contribution in [1.82, 2.24) is 0 Å². The molecule has 22 heavy (non-hydrogen) atoms. The number of hydrogen-bond acceptors (Lipinski definition) is 3. The van der Waals surface area contributed by atoms with Gasteiger partial charge in [0.1, 0.15) is 0 Å². The summed E-state index contributed by atoms with van der Waals surface area (Å²) >= 11 is 0. The van der Waals surface area contributed by atoms with Crippen LogP contribution in [0, 0.1) is 0 Å². The Morgan fingerprint density at radius 2 is 1.95 bits per heavy atom. The number of anilines is 1. The van der Waals surface area contributed by atoms with Crippen LogP contribution in [0.15, 0.2) is 42.5 Å². The summed E-state index contributed by atoms with van der Waals surface area (Å²) in [6, 6.07) is 14.3. The van der Waals surface area contributed by atoms with Crippen LogP contribution in [-0.2, 0) is 9.63 Å². The third-order valence-electron chi connectivity index (χ3n) is 4.08. The minimum Gasteiger partial charge on any atom is -0.326 e. The smallest absolute Gasteiger partial charge is 0.224 e. The maximum absolute atomic E-state index is 11.8. The topological polar surface area (TPSA) is 64.3 Å². The van der Waals surface area contributed by atoms with Gasteiger partial charge in [-0.25, -0.2) is 5.90 Å². The van der Waals surface area contributed by atoms with Gasteiger partial charge in [0.15, 0.2) is 0 Å². The summed E-state index contributed by atoms with van der Waals surface area (Å²) in [5, 5.41) is 2.95. The molecule has 0 fully saturated rings. The minimum absolute atomic E-state index is 0.0459. The number of fused-ring (bicyclic) bond motifs is 3. The van der Waals surface area contributed by atoms with Crippen molar-refractivity contribution in [3.8, 4) is 11.1 Å². The zero-order chi connectivity index (χ0) is 15.5. The summed E-state index contributed by atoms with van der Waals surface area (Å²) in [7, 11) is 0. The fraction of sp³-hybridized carbons (Fsp3) is 0.278. The number of carbonyl (C=O) groups is 1. The Hall–Kier alpha value is -2.17. The number of nitrogens with two attached hydrogens (primary N) is 1. The standard InChI is InChI=1S/C18H20N2O2/c1-2-5-18(21)20-12-8-9-15-13-6-3-4-7-14(13)17(11-22-19)16(15)10-12/h3-4,6-10,17H,2,5,11,19H2,1H3,(H,20,21). The number of benzene rings is 2. The summed E-state index contributed by atoms with van der Waals surface area (Å²) in [5.41, 5.74) is 5.60. The molecule has 0 aliphatic heterocycles. The molecular weight excluding hydrogens is 276 g/mol. The van der Waals surface area contributed by atoms with Crippen molar-refractivity contribution in [3.05, 3.63) is 53.6 Å². The number of carbonyl (C=O) groups excluding carboxylic acids is 1. The first-order chi connectivity index (χ1) is 10.7. The van der Waals surface area contributed by atoms with Crippen molar-refractivity contribution in [3.63, 3.8) is 0 Å². The molecule has 4 heteroatoms. The lowest BCUT2D eigenvalue weighted by atomic mass is 9.97. The van der Waals surface area contributed by atoms with Gasteiger partial charge in [-0.05, 0) is 40.8 Å². The molecule has 1 atom stereocenters. The molecule has 0 heterocycles. The molecule has 4 nitrogen and oxygen atoms in total. The summed E-state index contributed by atoms with van der Waals surface area (Å²) in [6.45, 7) is 2.42. The Morgan fingerprint density at radius 1 is 1.18 bits per heavy atom. The van der Waals surface area contributed by atoms with Crippen LogP contribution in [0.3, 0.4) is 0 Å². The average Bonchev–Trinajstić information content (AvgIpc) is 2.82. The normalized spacial score (nSPS) is 15.3. The average molecular weight is 296 g/mol. The van der Waals surface area contributed by atoms with Gasteiger partial charge in [0, 0.05) is 18.0 Å². The van der Waals surface area contributed by atoms with E-state index in [1.54, 1.807) is 0 Å². The molecule has 0 saturated heterocycles. The van der Waals surface area contributed by atoms with Crippen LogP contribution in [0.1, 0.15) is 36.8 Å². The lowest BCUT2D eigenvalue weighted by molar-refractivity contribution is -0.116. The number of rotatable bonds is 5. The summed E-state index contributed by atoms with van der Waals surface area (Å²) in [5.74, 6) is 5.47. The Morgan fingerprint density at radius 3 is 2.73 bits per heavy atom. The monoisotopic (exact) mass is 296 g/mol. The van der Waals surface area contributed by atoms with Gasteiger partial charge in [-0.1, -0.05) is 37.3 Å². The molecule has 2 aromatic rings. The molecule has 3 N–H and O–H groups in total. The third kappa shape index (κ3) is 2.63. The number of nitrogens with one attached hydrogen (secondary N) is 1. The van der Waals surface area contributed by atoms with Gasteiger partial charge in [0.25, 0.3) is 0 Å². The molecule has 1 unspecified atom stereocenters. The van der Waals surface area contributed by atoms with Crippen LogP contribution < -0.4 is 11.2 Å². The molecule has 0 bridgehead atoms. The molecule has 1 aliphatic carbocycles. The first kappa shape index (κ1) is 14.8. The second kappa shape index (κ2) is 6.30. The first-order valence-electron chi connectivity index (χ1n) is 7.59. The van der Waals surface area contributed by atoms with E-state index in [1.807, 2.05) is 31.2 Å². The van der Waals surface area contributed by atoms with Crippen molar-refractivity contribution in [2.75, 3.05) is 11.9 Å². The van der Waals surface area contributed by atoms with Gasteiger partial charge >= 0.3 is 0 Å². The maximum Gasteiger partial charge on any atom is 0.224 e. The molecule has 0 radical (unpaired) electrons. The highest BCUT2D eigenvalue weighted by molar-refractivity contribution is 5.92. The molecular formula is C18H20N2O2. The van der Waals surface area contributed by atoms with Crippen molar-refractivity contribution < 1.29 is 9.63 Å². The molecule has 0 spiro atoms. The van der Waals surface area contributed by atoms with Crippen molar-refractivity contribution in [2.24, 2.45) is 5.90 Å². The fourth-order valence-corrected chi connectivity index (χ4v) is 3.11. The molecule has 0 saturated carbocycles. The summed E-state index contributed by atoms with van der Waals surface area (Å²) in [6.07, 6.45) is 1.37. The maximum atomic E-state index is 11.8. The SMILES string of the molecule is CCCC(=O)Nc1ccc2c(c1)C(CON)c1ccccc1-2. The molecule has 2 aromatic carbocycles. The van der Waals surface area contributed by atoms with Crippen molar-refractivity contribution >= 4 is 11.6 Å². The predicted molar refractivity (Wildman–Crippen MR) is 87.4 cm³/mol. The highest BCUT2D eigenvalue weighted by Crippen LogP contribution is 2.45. The van der Waals surface area contributed by atoms with Crippen molar-refractivity contribution in [2.45, 2.75) is 25.7 Å². The van der Waals surface area contributed by atoms with Crippen LogP contribution in [-0.4, -0.2) is 12.5 Å². The zero-order valence-corrected chi connectivity index (χ0v) is 12.6. The van der Waals surface area contributed by atoms with Crippen LogP contribution in [0.2, 0.25) is 0 Å². The number of amides is 1. The van der Waals surface area contributed by atoms with E-state index < -0.39 is 0 Å². The van der Waals surface area contributed by atoms with Crippen LogP contribution in [0.25, 0.3) is 11.1 Å². The Labute approximate surface area is 130 Å². The van der Waals surface area contributed by atoms with E-state index in [-0.39, 0.29) is 11.8 Å². The second-order valence-electron chi connectivity index (χ2n) is 5.57. The zero-order valence-electron chi connectivity index (χ0n) is 12.6. The van der Waals surface area contributed by atoms with E-state index in [2.05, 4.69) is 23.5 Å². The van der Waals surface area contributed by atoms with Crippen LogP contribution >= 0.6 is 0 Å². The Bertz CT molecular complexity index is 697. The van der Waals surface area contributed by atoms with E-state index in [4.69, 9.17) is 10.7 Å². The van der Waals surface area contributed by atoms with Crippen LogP contribution in [0.4, 0.5) is 5.69 Å². The lowest BCUT2D eigenvalue weighted by Crippen LogP contribution is -2.12. The molecule has 1 amide bonds. The molecule has 1 aliphatic rings. The predicted octanol–water partition coefficient (Wildman–Crippen LogP) is 3.43. The molecule has 114 valence electrons. The second-order valence-corrected chi connectivity index (χ2v) is 5.57. The van der Waals surface area contributed by atoms with Gasteiger partial charge in [-0.3, -0.25) is 4.79 Å². The molecule has 3 rings (SSSR count). The minimum atomic E-state index is 0.0459. The highest BCUT2D eigenvalue weighted by atomic mass is 16.6. The first-order valence-corrected chi connectivity index (χ1v) is 7.59. The quantitative estimate of drug-likeness (QED) is 0.831. The van der Waals surface area contributed by atoms with Gasteiger partial charge in [0.2, 0.25) is 5.91 Å². The van der Waals surface area contributed by atoms with E-state index in [1.165, 1.54) is 16.7 Å². The number of hydrogen-bond donors (Lipinski definition) is 2. The highest BCUT2D eigenvalue weighted by Gasteiger charge is 2.28. The van der Waals surface area contributed by atoms with Gasteiger partial charge in [0.05, 0.1) is 6.61 Å². The van der Waals surface area contributed by atoms with Crippen LogP contribution in [0.5, 0.6) is 0 Å². The van der Waals surface area contributed by atoms with E-state index >= 15 is 0 Å².